The van der Waals surface area contributed by atoms with E-state index in [1.165, 1.54) is 13.1 Å². The molecule has 7 heteroatoms. The van der Waals surface area contributed by atoms with E-state index >= 15 is 0 Å². The second-order valence-electron chi connectivity index (χ2n) is 3.19. The Morgan fingerprint density at radius 1 is 1.50 bits per heavy atom. The highest BCUT2D eigenvalue weighted by Gasteiger charge is 2.22. The van der Waals surface area contributed by atoms with Crippen molar-refractivity contribution in [3.05, 3.63) is 28.5 Å². The van der Waals surface area contributed by atoms with Crippen LogP contribution < -0.4 is 5.73 Å². The molecule has 90 valence electrons. The topological polar surface area (TPSA) is 63.4 Å². The van der Waals surface area contributed by atoms with Gasteiger partial charge in [0, 0.05) is 24.6 Å². The largest absolute Gasteiger partial charge is 0.329 e. The van der Waals surface area contributed by atoms with E-state index in [1.807, 2.05) is 0 Å². The van der Waals surface area contributed by atoms with Gasteiger partial charge in [0.25, 0.3) is 0 Å². The standard InChI is InChI=1S/C9H12BrFN2O2S/c1-13(5-4-12)16(14,15)9-3-2-7(11)6-8(9)10/h2-3,6H,4-5,12H2,1H3. The van der Waals surface area contributed by atoms with Crippen LogP contribution >= 0.6 is 15.9 Å². The summed E-state index contributed by atoms with van der Waals surface area (Å²) in [5, 5.41) is 0. The quantitative estimate of drug-likeness (QED) is 0.908. The van der Waals surface area contributed by atoms with E-state index in [-0.39, 0.29) is 22.5 Å². The first-order chi connectivity index (χ1) is 7.39. The summed E-state index contributed by atoms with van der Waals surface area (Å²) in [5.74, 6) is -0.493. The molecule has 1 aromatic carbocycles. The van der Waals surface area contributed by atoms with Crippen LogP contribution in [0.3, 0.4) is 0 Å². The van der Waals surface area contributed by atoms with Gasteiger partial charge in [0.2, 0.25) is 10.0 Å². The van der Waals surface area contributed by atoms with Gasteiger partial charge in [0.1, 0.15) is 5.82 Å². The Kier molecular flexibility index (Phi) is 4.43. The molecule has 1 rings (SSSR count). The molecule has 0 aliphatic rings. The molecule has 0 saturated carbocycles. The summed E-state index contributed by atoms with van der Waals surface area (Å²) in [6.45, 7) is 0.445. The first-order valence-electron chi connectivity index (χ1n) is 4.51. The molecule has 0 bridgehead atoms. The highest BCUT2D eigenvalue weighted by atomic mass is 79.9. The minimum Gasteiger partial charge on any atom is -0.329 e. The number of benzene rings is 1. The second-order valence-corrected chi connectivity index (χ2v) is 6.06. The second kappa shape index (κ2) is 5.22. The molecule has 0 aliphatic heterocycles. The van der Waals surface area contributed by atoms with Crippen molar-refractivity contribution in [3.8, 4) is 0 Å². The number of sulfonamides is 1. The average molecular weight is 311 g/mol. The number of hydrogen-bond donors (Lipinski definition) is 1. The fourth-order valence-corrected chi connectivity index (χ4v) is 3.35. The van der Waals surface area contributed by atoms with Crippen LogP contribution in [0.4, 0.5) is 4.39 Å². The van der Waals surface area contributed by atoms with Gasteiger partial charge in [0.15, 0.2) is 0 Å². The third kappa shape index (κ3) is 2.79. The smallest absolute Gasteiger partial charge is 0.243 e. The van der Waals surface area contributed by atoms with Crippen LogP contribution in [0, 0.1) is 5.82 Å². The molecular weight excluding hydrogens is 299 g/mol. The van der Waals surface area contributed by atoms with E-state index in [2.05, 4.69) is 15.9 Å². The Balaban J connectivity index is 3.17. The molecule has 0 amide bonds. The first-order valence-corrected chi connectivity index (χ1v) is 6.74. The molecule has 0 spiro atoms. The normalized spacial score (nSPS) is 12.1. The lowest BCUT2D eigenvalue weighted by Gasteiger charge is -2.16. The van der Waals surface area contributed by atoms with Gasteiger partial charge >= 0.3 is 0 Å². The third-order valence-electron chi connectivity index (χ3n) is 2.03. The highest BCUT2D eigenvalue weighted by molar-refractivity contribution is 9.10. The van der Waals surface area contributed by atoms with E-state index in [4.69, 9.17) is 5.73 Å². The first kappa shape index (κ1) is 13.6. The lowest BCUT2D eigenvalue weighted by atomic mass is 10.3. The van der Waals surface area contributed by atoms with E-state index < -0.39 is 15.8 Å². The maximum Gasteiger partial charge on any atom is 0.243 e. The minimum absolute atomic E-state index is 0.0323. The van der Waals surface area contributed by atoms with Crippen molar-refractivity contribution in [1.29, 1.82) is 0 Å². The van der Waals surface area contributed by atoms with E-state index in [0.29, 0.717) is 0 Å². The number of rotatable bonds is 4. The molecule has 0 fully saturated rings. The average Bonchev–Trinajstić information content (AvgIpc) is 2.17. The van der Waals surface area contributed by atoms with Crippen LogP contribution in [0.1, 0.15) is 0 Å². The number of nitrogens with two attached hydrogens (primary N) is 1. The van der Waals surface area contributed by atoms with Crippen molar-refractivity contribution in [2.24, 2.45) is 5.73 Å². The lowest BCUT2D eigenvalue weighted by Crippen LogP contribution is -2.32. The zero-order valence-corrected chi connectivity index (χ0v) is 11.1. The third-order valence-corrected chi connectivity index (χ3v) is 4.86. The molecule has 0 saturated heterocycles. The lowest BCUT2D eigenvalue weighted by molar-refractivity contribution is 0.476. The zero-order valence-electron chi connectivity index (χ0n) is 8.65. The number of hydrogen-bond acceptors (Lipinski definition) is 3. The summed E-state index contributed by atoms with van der Waals surface area (Å²) in [6, 6.07) is 3.44. The van der Waals surface area contributed by atoms with Crippen molar-refractivity contribution in [2.75, 3.05) is 20.1 Å². The maximum atomic E-state index is 12.8. The maximum absolute atomic E-state index is 12.8. The molecule has 0 unspecified atom stereocenters. The van der Waals surface area contributed by atoms with Gasteiger partial charge in [-0.1, -0.05) is 0 Å². The van der Waals surface area contributed by atoms with Crippen molar-refractivity contribution < 1.29 is 12.8 Å². The zero-order chi connectivity index (χ0) is 12.3. The molecule has 0 heterocycles. The van der Waals surface area contributed by atoms with Crippen LogP contribution in [0.5, 0.6) is 0 Å². The number of nitrogens with zero attached hydrogens (tertiary/aromatic N) is 1. The molecule has 1 aromatic rings. The van der Waals surface area contributed by atoms with Crippen LogP contribution in [-0.4, -0.2) is 32.9 Å². The molecule has 0 aliphatic carbocycles. The molecule has 4 nitrogen and oxygen atoms in total. The van der Waals surface area contributed by atoms with E-state index in [9.17, 15) is 12.8 Å². The fraction of sp³-hybridized carbons (Fsp3) is 0.333. The molecule has 0 radical (unpaired) electrons. The summed E-state index contributed by atoms with van der Waals surface area (Å²) in [6.07, 6.45) is 0. The van der Waals surface area contributed by atoms with Crippen LogP contribution in [0.25, 0.3) is 0 Å². The van der Waals surface area contributed by atoms with Gasteiger partial charge in [-0.3, -0.25) is 0 Å². The van der Waals surface area contributed by atoms with Gasteiger partial charge in [-0.05, 0) is 34.1 Å². The Labute approximate surface area is 102 Å². The van der Waals surface area contributed by atoms with Gasteiger partial charge in [-0.25, -0.2) is 12.8 Å². The number of halogens is 2. The Bertz CT molecular complexity index is 478. The summed E-state index contributed by atoms with van der Waals surface area (Å²) >= 11 is 3.03. The summed E-state index contributed by atoms with van der Waals surface area (Å²) in [7, 11) is -2.18. The summed E-state index contributed by atoms with van der Waals surface area (Å²) in [5.41, 5.74) is 5.29. The van der Waals surface area contributed by atoms with E-state index in [1.54, 1.807) is 0 Å². The van der Waals surface area contributed by atoms with Crippen molar-refractivity contribution in [2.45, 2.75) is 4.90 Å². The highest BCUT2D eigenvalue weighted by Crippen LogP contribution is 2.24. The summed E-state index contributed by atoms with van der Waals surface area (Å²) < 4.78 is 38.1. The Morgan fingerprint density at radius 2 is 2.12 bits per heavy atom. The Morgan fingerprint density at radius 3 is 2.62 bits per heavy atom. The van der Waals surface area contributed by atoms with Crippen molar-refractivity contribution in [3.63, 3.8) is 0 Å². The Hall–Kier alpha value is -0.500. The fourth-order valence-electron chi connectivity index (χ4n) is 1.15. The monoisotopic (exact) mass is 310 g/mol. The molecule has 0 aromatic heterocycles. The molecule has 0 atom stereocenters. The SMILES string of the molecule is CN(CCN)S(=O)(=O)c1ccc(F)cc1Br. The number of likely N-dealkylation sites (N-methyl/N-ethyl adjacent to an activating group) is 1. The predicted octanol–water partition coefficient (Wildman–Crippen LogP) is 1.17. The van der Waals surface area contributed by atoms with Gasteiger partial charge < -0.3 is 5.73 Å². The molecular formula is C9H12BrFN2O2S. The van der Waals surface area contributed by atoms with Gasteiger partial charge in [0.05, 0.1) is 4.90 Å². The van der Waals surface area contributed by atoms with Crippen molar-refractivity contribution in [1.82, 2.24) is 4.31 Å². The summed E-state index contributed by atoms with van der Waals surface area (Å²) in [4.78, 5) is 0.0323. The molecule has 2 N–H and O–H groups in total. The van der Waals surface area contributed by atoms with E-state index in [0.717, 1.165) is 16.4 Å². The predicted molar refractivity (Wildman–Crippen MR) is 63.0 cm³/mol. The molecule has 16 heavy (non-hydrogen) atoms. The van der Waals surface area contributed by atoms with Gasteiger partial charge in [-0.2, -0.15) is 4.31 Å². The van der Waals surface area contributed by atoms with Crippen LogP contribution in [0.2, 0.25) is 0 Å². The van der Waals surface area contributed by atoms with Crippen LogP contribution in [0.15, 0.2) is 27.6 Å². The minimum atomic E-state index is -3.61. The van der Waals surface area contributed by atoms with Crippen LogP contribution in [-0.2, 0) is 10.0 Å². The van der Waals surface area contributed by atoms with Gasteiger partial charge in [-0.15, -0.1) is 0 Å². The van der Waals surface area contributed by atoms with Crippen molar-refractivity contribution >= 4 is 26.0 Å².